The van der Waals surface area contributed by atoms with Crippen molar-refractivity contribution in [2.24, 2.45) is 0 Å². The minimum Gasteiger partial charge on any atom is -0.497 e. The first-order chi connectivity index (χ1) is 12.1. The van der Waals surface area contributed by atoms with Crippen LogP contribution < -0.4 is 9.64 Å². The predicted octanol–water partition coefficient (Wildman–Crippen LogP) is 5.31. The van der Waals surface area contributed by atoms with Gasteiger partial charge in [-0.15, -0.1) is 11.3 Å². The van der Waals surface area contributed by atoms with E-state index in [1.54, 1.807) is 23.3 Å². The molecule has 0 unspecified atom stereocenters. The van der Waals surface area contributed by atoms with E-state index in [9.17, 15) is 4.79 Å². The molecule has 0 radical (unpaired) electrons. The fraction of sp³-hybridized carbons (Fsp3) is 0.111. The Kier molecular flexibility index (Phi) is 5.58. The van der Waals surface area contributed by atoms with Crippen molar-refractivity contribution in [3.63, 3.8) is 0 Å². The normalized spacial score (nSPS) is 10.5. The summed E-state index contributed by atoms with van der Waals surface area (Å²) in [6, 6.07) is 12.8. The van der Waals surface area contributed by atoms with Gasteiger partial charge in [0.2, 0.25) is 0 Å². The van der Waals surface area contributed by atoms with Crippen LogP contribution in [-0.2, 0) is 6.54 Å². The van der Waals surface area contributed by atoms with E-state index in [-0.39, 0.29) is 16.1 Å². The molecule has 3 rings (SSSR count). The van der Waals surface area contributed by atoms with E-state index < -0.39 is 0 Å². The number of benzene rings is 1. The molecule has 3 aromatic rings. The lowest BCUT2D eigenvalue weighted by atomic mass is 10.2. The molecule has 1 aromatic carbocycles. The summed E-state index contributed by atoms with van der Waals surface area (Å²) in [4.78, 5) is 19.8. The van der Waals surface area contributed by atoms with Gasteiger partial charge >= 0.3 is 0 Å². The maximum absolute atomic E-state index is 13.0. The molecular formula is C18H14Cl2N2O2S. The van der Waals surface area contributed by atoms with E-state index in [4.69, 9.17) is 27.9 Å². The first-order valence-corrected chi connectivity index (χ1v) is 9.01. The Morgan fingerprint density at radius 3 is 2.60 bits per heavy atom. The Labute approximate surface area is 159 Å². The highest BCUT2D eigenvalue weighted by molar-refractivity contribution is 7.09. The molecule has 0 fully saturated rings. The summed E-state index contributed by atoms with van der Waals surface area (Å²) in [5.41, 5.74) is 1.13. The molecule has 7 heteroatoms. The van der Waals surface area contributed by atoms with Crippen LogP contribution in [0.15, 0.2) is 54.0 Å². The number of halogens is 2. The van der Waals surface area contributed by atoms with Gasteiger partial charge in [-0.1, -0.05) is 29.3 Å². The van der Waals surface area contributed by atoms with Crippen LogP contribution in [0.2, 0.25) is 10.2 Å². The molecular weight excluding hydrogens is 379 g/mol. The van der Waals surface area contributed by atoms with Crippen molar-refractivity contribution in [3.05, 3.63) is 74.7 Å². The molecule has 1 amide bonds. The number of thiophene rings is 1. The van der Waals surface area contributed by atoms with Gasteiger partial charge < -0.3 is 9.64 Å². The summed E-state index contributed by atoms with van der Waals surface area (Å²) in [7, 11) is 1.60. The largest absolute Gasteiger partial charge is 0.497 e. The van der Waals surface area contributed by atoms with Crippen LogP contribution in [0.4, 0.5) is 5.69 Å². The van der Waals surface area contributed by atoms with Crippen molar-refractivity contribution in [2.45, 2.75) is 6.54 Å². The first-order valence-electron chi connectivity index (χ1n) is 7.38. The zero-order valence-electron chi connectivity index (χ0n) is 13.3. The lowest BCUT2D eigenvalue weighted by Gasteiger charge is -2.22. The number of aromatic nitrogens is 1. The second kappa shape index (κ2) is 7.87. The summed E-state index contributed by atoms with van der Waals surface area (Å²) in [5, 5.41) is 2.40. The molecule has 0 spiro atoms. The third-order valence-corrected chi connectivity index (χ3v) is 5.11. The van der Waals surface area contributed by atoms with Crippen LogP contribution in [-0.4, -0.2) is 18.0 Å². The summed E-state index contributed by atoms with van der Waals surface area (Å²) in [6.45, 7) is 0.447. The number of nitrogens with zero attached hydrogens (tertiary/aromatic N) is 2. The number of methoxy groups -OCH3 is 1. The van der Waals surface area contributed by atoms with Gasteiger partial charge in [-0.05, 0) is 41.8 Å². The summed E-state index contributed by atoms with van der Waals surface area (Å²) < 4.78 is 5.19. The molecule has 0 N–H and O–H groups in total. The zero-order chi connectivity index (χ0) is 17.8. The first kappa shape index (κ1) is 17.7. The number of rotatable bonds is 5. The summed E-state index contributed by atoms with van der Waals surface area (Å²) in [6.07, 6.45) is 1.43. The van der Waals surface area contributed by atoms with Gasteiger partial charge in [-0.2, -0.15) is 0 Å². The molecule has 2 aromatic heterocycles. The van der Waals surface area contributed by atoms with Crippen LogP contribution in [0.5, 0.6) is 5.75 Å². The number of pyridine rings is 1. The summed E-state index contributed by atoms with van der Waals surface area (Å²) in [5.74, 6) is 0.521. The number of hydrogen-bond donors (Lipinski definition) is 0. The number of carbonyl (C=O) groups is 1. The lowest BCUT2D eigenvalue weighted by Crippen LogP contribution is -2.30. The molecule has 2 heterocycles. The van der Waals surface area contributed by atoms with Crippen LogP contribution in [0, 0.1) is 0 Å². The molecule has 0 aliphatic rings. The van der Waals surface area contributed by atoms with Crippen molar-refractivity contribution in [3.8, 4) is 5.75 Å². The SMILES string of the molecule is COc1ccc(N(Cc2cccs2)C(=O)c2cnc(Cl)c(Cl)c2)cc1. The standard InChI is InChI=1S/C18H14Cl2N2O2S/c1-24-14-6-4-13(5-7-14)22(11-15-3-2-8-25-15)18(23)12-9-16(19)17(20)21-10-12/h2-10H,11H2,1H3. The minimum atomic E-state index is -0.204. The van der Waals surface area contributed by atoms with E-state index in [1.807, 2.05) is 41.8 Å². The third kappa shape index (κ3) is 4.12. The molecule has 0 atom stereocenters. The van der Waals surface area contributed by atoms with Crippen molar-refractivity contribution in [2.75, 3.05) is 12.0 Å². The van der Waals surface area contributed by atoms with Crippen molar-refractivity contribution >= 4 is 46.1 Å². The van der Waals surface area contributed by atoms with Crippen molar-refractivity contribution in [1.82, 2.24) is 4.98 Å². The van der Waals surface area contributed by atoms with E-state index in [1.165, 1.54) is 12.3 Å². The highest BCUT2D eigenvalue weighted by Gasteiger charge is 2.20. The molecule has 0 bridgehead atoms. The fourth-order valence-corrected chi connectivity index (χ4v) is 3.26. The van der Waals surface area contributed by atoms with Gasteiger partial charge in [0.1, 0.15) is 10.9 Å². The number of ether oxygens (including phenoxy) is 1. The highest BCUT2D eigenvalue weighted by atomic mass is 35.5. The Morgan fingerprint density at radius 1 is 1.24 bits per heavy atom. The number of amides is 1. The molecule has 128 valence electrons. The van der Waals surface area contributed by atoms with Gasteiger partial charge in [0.25, 0.3) is 5.91 Å². The maximum atomic E-state index is 13.0. The molecule has 4 nitrogen and oxygen atoms in total. The molecule has 0 aliphatic carbocycles. The number of anilines is 1. The molecule has 0 saturated carbocycles. The smallest absolute Gasteiger partial charge is 0.260 e. The van der Waals surface area contributed by atoms with Crippen molar-refractivity contribution < 1.29 is 9.53 Å². The Bertz CT molecular complexity index is 867. The van der Waals surface area contributed by atoms with Crippen LogP contribution in [0.1, 0.15) is 15.2 Å². The van der Waals surface area contributed by atoms with Crippen molar-refractivity contribution in [1.29, 1.82) is 0 Å². The Hall–Kier alpha value is -2.08. The van der Waals surface area contributed by atoms with Gasteiger partial charge in [0.05, 0.1) is 24.2 Å². The zero-order valence-corrected chi connectivity index (χ0v) is 15.6. The van der Waals surface area contributed by atoms with Crippen LogP contribution in [0.3, 0.4) is 0 Å². The van der Waals surface area contributed by atoms with Crippen LogP contribution in [0.25, 0.3) is 0 Å². The predicted molar refractivity (Wildman–Crippen MR) is 102 cm³/mol. The second-order valence-corrected chi connectivity index (χ2v) is 6.96. The fourth-order valence-electron chi connectivity index (χ4n) is 2.29. The Balaban J connectivity index is 1.96. The van der Waals surface area contributed by atoms with Crippen LogP contribution >= 0.6 is 34.5 Å². The molecule has 0 aliphatic heterocycles. The van der Waals surface area contributed by atoms with Gasteiger partial charge in [-0.3, -0.25) is 4.79 Å². The van der Waals surface area contributed by atoms with Gasteiger partial charge in [0, 0.05) is 16.8 Å². The minimum absolute atomic E-state index is 0.174. The average molecular weight is 393 g/mol. The van der Waals surface area contributed by atoms with E-state index in [0.29, 0.717) is 12.1 Å². The molecule has 25 heavy (non-hydrogen) atoms. The summed E-state index contributed by atoms with van der Waals surface area (Å²) >= 11 is 13.5. The van der Waals surface area contributed by atoms with Gasteiger partial charge in [-0.25, -0.2) is 4.98 Å². The average Bonchev–Trinajstić information content (AvgIpc) is 3.15. The quantitative estimate of drug-likeness (QED) is 0.552. The second-order valence-electron chi connectivity index (χ2n) is 5.17. The van der Waals surface area contributed by atoms with E-state index in [2.05, 4.69) is 4.98 Å². The van der Waals surface area contributed by atoms with Gasteiger partial charge in [0.15, 0.2) is 0 Å². The highest BCUT2D eigenvalue weighted by Crippen LogP contribution is 2.26. The topological polar surface area (TPSA) is 42.4 Å². The lowest BCUT2D eigenvalue weighted by molar-refractivity contribution is 0.0985. The van der Waals surface area contributed by atoms with E-state index >= 15 is 0 Å². The molecule has 0 saturated heterocycles. The van der Waals surface area contributed by atoms with E-state index in [0.717, 1.165) is 16.3 Å². The maximum Gasteiger partial charge on any atom is 0.260 e. The third-order valence-electron chi connectivity index (χ3n) is 3.57. The number of hydrogen-bond acceptors (Lipinski definition) is 4. The number of carbonyl (C=O) groups excluding carboxylic acids is 1. The Morgan fingerprint density at radius 2 is 2.00 bits per heavy atom. The monoisotopic (exact) mass is 392 g/mol.